The van der Waals surface area contributed by atoms with Crippen LogP contribution in [-0.4, -0.2) is 18.5 Å². The zero-order valence-electron chi connectivity index (χ0n) is 8.31. The Balaban J connectivity index is 3.36. The van der Waals surface area contributed by atoms with Gasteiger partial charge in [-0.05, 0) is 32.8 Å². The summed E-state index contributed by atoms with van der Waals surface area (Å²) in [5.74, 6) is 0.476. The first-order valence-electron chi connectivity index (χ1n) is 4.51. The van der Waals surface area contributed by atoms with E-state index < -0.39 is 0 Å². The van der Waals surface area contributed by atoms with Crippen LogP contribution in [0.5, 0.6) is 0 Å². The highest BCUT2D eigenvalue weighted by molar-refractivity contribution is 6.17. The van der Waals surface area contributed by atoms with Gasteiger partial charge < -0.3 is 4.74 Å². The molecule has 0 unspecified atom stereocenters. The minimum absolute atomic E-state index is 0.136. The summed E-state index contributed by atoms with van der Waals surface area (Å²) in [5.41, 5.74) is 1.16. The molecule has 0 aliphatic rings. The Hall–Kier alpha value is -0.500. The number of rotatable bonds is 6. The summed E-state index contributed by atoms with van der Waals surface area (Å²) in [5, 5.41) is 0. The average molecular weight is 205 g/mol. The van der Waals surface area contributed by atoms with E-state index in [-0.39, 0.29) is 5.97 Å². The van der Waals surface area contributed by atoms with Crippen molar-refractivity contribution in [2.45, 2.75) is 33.1 Å². The fraction of sp³-hybridized carbons (Fsp3) is 0.700. The number of unbranched alkanes of at least 4 members (excludes halogenated alkanes) is 1. The van der Waals surface area contributed by atoms with Crippen LogP contribution in [0, 0.1) is 0 Å². The largest absolute Gasteiger partial charge is 0.461 e. The average Bonchev–Trinajstić information content (AvgIpc) is 2.04. The minimum atomic E-state index is -0.136. The van der Waals surface area contributed by atoms with Crippen molar-refractivity contribution < 1.29 is 9.53 Å². The van der Waals surface area contributed by atoms with Gasteiger partial charge in [0, 0.05) is 12.3 Å². The van der Waals surface area contributed by atoms with Gasteiger partial charge in [0.05, 0.1) is 0 Å². The number of esters is 1. The molecular weight excluding hydrogens is 188 g/mol. The lowest BCUT2D eigenvalue weighted by atomic mass is 10.2. The fourth-order valence-corrected chi connectivity index (χ4v) is 0.926. The lowest BCUT2D eigenvalue weighted by molar-refractivity contribution is -0.142. The van der Waals surface area contributed by atoms with Crippen molar-refractivity contribution in [3.05, 3.63) is 11.6 Å². The Bertz CT molecular complexity index is 172. The molecule has 0 atom stereocenters. The van der Waals surface area contributed by atoms with E-state index in [0.717, 1.165) is 18.4 Å². The van der Waals surface area contributed by atoms with Crippen molar-refractivity contribution >= 4 is 17.6 Å². The fourth-order valence-electron chi connectivity index (χ4n) is 0.737. The van der Waals surface area contributed by atoms with Crippen LogP contribution in [-0.2, 0) is 9.53 Å². The van der Waals surface area contributed by atoms with E-state index in [1.54, 1.807) is 0 Å². The standard InChI is InChI=1S/C10H17ClO2/c1-9(2)6-8-13-10(12)5-3-4-7-11/h6H,3-5,7-8H2,1-2H3. The summed E-state index contributed by atoms with van der Waals surface area (Å²) < 4.78 is 4.94. The Kier molecular flexibility index (Phi) is 7.80. The summed E-state index contributed by atoms with van der Waals surface area (Å²) in [6, 6.07) is 0. The molecule has 0 heterocycles. The van der Waals surface area contributed by atoms with Crippen molar-refractivity contribution in [2.75, 3.05) is 12.5 Å². The summed E-state index contributed by atoms with van der Waals surface area (Å²) in [7, 11) is 0. The van der Waals surface area contributed by atoms with Crippen LogP contribution in [0.3, 0.4) is 0 Å². The molecule has 0 fully saturated rings. The van der Waals surface area contributed by atoms with Gasteiger partial charge in [0.15, 0.2) is 0 Å². The van der Waals surface area contributed by atoms with Crippen LogP contribution >= 0.6 is 11.6 Å². The van der Waals surface area contributed by atoms with Crippen molar-refractivity contribution in [3.63, 3.8) is 0 Å². The Labute approximate surface area is 84.9 Å². The molecule has 0 aliphatic heterocycles. The van der Waals surface area contributed by atoms with Crippen LogP contribution in [0.4, 0.5) is 0 Å². The Morgan fingerprint density at radius 1 is 1.38 bits per heavy atom. The molecule has 0 aromatic rings. The molecule has 0 radical (unpaired) electrons. The van der Waals surface area contributed by atoms with E-state index in [1.165, 1.54) is 0 Å². The van der Waals surface area contributed by atoms with Gasteiger partial charge in [0.1, 0.15) is 6.61 Å². The summed E-state index contributed by atoms with van der Waals surface area (Å²) in [6.07, 6.45) is 4.05. The lowest BCUT2D eigenvalue weighted by Gasteiger charge is -2.00. The predicted molar refractivity (Wildman–Crippen MR) is 55.0 cm³/mol. The zero-order valence-corrected chi connectivity index (χ0v) is 9.06. The normalized spacial score (nSPS) is 9.46. The molecule has 0 saturated heterocycles. The predicted octanol–water partition coefficient (Wildman–Crippen LogP) is 2.90. The molecule has 0 bridgehead atoms. The molecule has 0 aromatic heterocycles. The van der Waals surface area contributed by atoms with Crippen LogP contribution in [0.1, 0.15) is 33.1 Å². The van der Waals surface area contributed by atoms with Crippen LogP contribution in [0.25, 0.3) is 0 Å². The molecule has 0 saturated carbocycles. The number of ether oxygens (including phenoxy) is 1. The first-order chi connectivity index (χ1) is 6.16. The van der Waals surface area contributed by atoms with Gasteiger partial charge >= 0.3 is 5.97 Å². The van der Waals surface area contributed by atoms with E-state index >= 15 is 0 Å². The number of alkyl halides is 1. The molecule has 2 nitrogen and oxygen atoms in total. The maximum absolute atomic E-state index is 11.0. The molecular formula is C10H17ClO2. The van der Waals surface area contributed by atoms with Gasteiger partial charge in [-0.1, -0.05) is 5.57 Å². The molecule has 3 heteroatoms. The highest BCUT2D eigenvalue weighted by Crippen LogP contribution is 1.99. The van der Waals surface area contributed by atoms with Gasteiger partial charge in [-0.25, -0.2) is 0 Å². The zero-order chi connectivity index (χ0) is 10.1. The number of carbonyl (C=O) groups excluding carboxylic acids is 1. The van der Waals surface area contributed by atoms with Gasteiger partial charge in [-0.15, -0.1) is 11.6 Å². The topological polar surface area (TPSA) is 26.3 Å². The van der Waals surface area contributed by atoms with Gasteiger partial charge in [0.25, 0.3) is 0 Å². The number of allylic oxidation sites excluding steroid dienone is 1. The highest BCUT2D eigenvalue weighted by Gasteiger charge is 2.00. The Morgan fingerprint density at radius 2 is 2.08 bits per heavy atom. The highest BCUT2D eigenvalue weighted by atomic mass is 35.5. The van der Waals surface area contributed by atoms with Crippen LogP contribution in [0.2, 0.25) is 0 Å². The van der Waals surface area contributed by atoms with Gasteiger partial charge in [-0.3, -0.25) is 4.79 Å². The van der Waals surface area contributed by atoms with E-state index in [4.69, 9.17) is 16.3 Å². The maximum Gasteiger partial charge on any atom is 0.306 e. The first-order valence-corrected chi connectivity index (χ1v) is 5.05. The number of carbonyl (C=O) groups is 1. The monoisotopic (exact) mass is 204 g/mol. The molecule has 0 spiro atoms. The molecule has 13 heavy (non-hydrogen) atoms. The van der Waals surface area contributed by atoms with E-state index in [2.05, 4.69) is 0 Å². The van der Waals surface area contributed by atoms with Crippen molar-refractivity contribution in [3.8, 4) is 0 Å². The smallest absolute Gasteiger partial charge is 0.306 e. The van der Waals surface area contributed by atoms with Gasteiger partial charge in [0.2, 0.25) is 0 Å². The third-order valence-corrected chi connectivity index (χ3v) is 1.77. The van der Waals surface area contributed by atoms with Gasteiger partial charge in [-0.2, -0.15) is 0 Å². The summed E-state index contributed by atoms with van der Waals surface area (Å²) in [4.78, 5) is 11.0. The van der Waals surface area contributed by atoms with Crippen molar-refractivity contribution in [2.24, 2.45) is 0 Å². The molecule has 0 aromatic carbocycles. The van der Waals surface area contributed by atoms with E-state index in [0.29, 0.717) is 18.9 Å². The number of halogens is 1. The second-order valence-electron chi connectivity index (χ2n) is 3.11. The molecule has 0 N–H and O–H groups in total. The molecule has 76 valence electrons. The number of hydrogen-bond donors (Lipinski definition) is 0. The summed E-state index contributed by atoms with van der Waals surface area (Å²) >= 11 is 5.47. The van der Waals surface area contributed by atoms with Crippen molar-refractivity contribution in [1.29, 1.82) is 0 Å². The first kappa shape index (κ1) is 12.5. The molecule has 0 amide bonds. The lowest BCUT2D eigenvalue weighted by Crippen LogP contribution is -2.04. The minimum Gasteiger partial charge on any atom is -0.461 e. The third-order valence-electron chi connectivity index (χ3n) is 1.50. The summed E-state index contributed by atoms with van der Waals surface area (Å²) in [6.45, 7) is 4.34. The van der Waals surface area contributed by atoms with Crippen LogP contribution < -0.4 is 0 Å². The van der Waals surface area contributed by atoms with Crippen molar-refractivity contribution in [1.82, 2.24) is 0 Å². The molecule has 0 rings (SSSR count). The quantitative estimate of drug-likeness (QED) is 0.288. The second-order valence-corrected chi connectivity index (χ2v) is 3.49. The SMILES string of the molecule is CC(C)=CCOC(=O)CCCCCl. The second kappa shape index (κ2) is 8.11. The third kappa shape index (κ3) is 9.41. The number of hydrogen-bond acceptors (Lipinski definition) is 2. The van der Waals surface area contributed by atoms with E-state index in [1.807, 2.05) is 19.9 Å². The van der Waals surface area contributed by atoms with E-state index in [9.17, 15) is 4.79 Å². The Morgan fingerprint density at radius 3 is 2.62 bits per heavy atom. The maximum atomic E-state index is 11.0. The van der Waals surface area contributed by atoms with Crippen LogP contribution in [0.15, 0.2) is 11.6 Å². The molecule has 0 aliphatic carbocycles.